The lowest BCUT2D eigenvalue weighted by molar-refractivity contribution is 0.266. The van der Waals surface area contributed by atoms with Crippen LogP contribution >= 0.6 is 11.8 Å². The Morgan fingerprint density at radius 3 is 2.54 bits per heavy atom. The number of nitrogens with zero attached hydrogens (tertiary/aromatic N) is 1. The van der Waals surface area contributed by atoms with Crippen LogP contribution in [0.15, 0.2) is 24.3 Å². The molecule has 0 spiro atoms. The van der Waals surface area contributed by atoms with Gasteiger partial charge >= 0.3 is 0 Å². The van der Waals surface area contributed by atoms with Gasteiger partial charge in [-0.15, -0.1) is 0 Å². The van der Waals surface area contributed by atoms with Crippen LogP contribution in [0, 0.1) is 6.92 Å². The number of carbonyl (C=O) groups excluding carboxylic acids is 1. The second kappa shape index (κ2) is 3.42. The first-order valence-corrected chi connectivity index (χ1v) is 5.27. The summed E-state index contributed by atoms with van der Waals surface area (Å²) >= 11 is 1.39. The second-order valence-electron chi connectivity index (χ2n) is 3.10. The fourth-order valence-corrected chi connectivity index (χ4v) is 2.15. The van der Waals surface area contributed by atoms with Gasteiger partial charge in [0.2, 0.25) is 0 Å². The van der Waals surface area contributed by atoms with Crippen LogP contribution < -0.4 is 4.90 Å². The van der Waals surface area contributed by atoms with E-state index in [1.54, 1.807) is 0 Å². The van der Waals surface area contributed by atoms with Crippen LogP contribution in [0.2, 0.25) is 0 Å². The van der Waals surface area contributed by atoms with Crippen molar-refractivity contribution in [3.05, 3.63) is 29.8 Å². The van der Waals surface area contributed by atoms with Crippen LogP contribution in [0.3, 0.4) is 0 Å². The van der Waals surface area contributed by atoms with E-state index in [0.717, 1.165) is 18.0 Å². The Morgan fingerprint density at radius 2 is 2.00 bits per heavy atom. The van der Waals surface area contributed by atoms with Gasteiger partial charge in [0.15, 0.2) is 0 Å². The molecule has 0 N–H and O–H groups in total. The molecule has 68 valence electrons. The third-order valence-electron chi connectivity index (χ3n) is 2.11. The Bertz CT molecular complexity index is 320. The summed E-state index contributed by atoms with van der Waals surface area (Å²) < 4.78 is 0. The average Bonchev–Trinajstić information content (AvgIpc) is 2.53. The van der Waals surface area contributed by atoms with Crippen LogP contribution in [-0.2, 0) is 0 Å². The number of rotatable bonds is 1. The summed E-state index contributed by atoms with van der Waals surface area (Å²) in [5.74, 6) is 0.909. The van der Waals surface area contributed by atoms with E-state index < -0.39 is 0 Å². The average molecular weight is 193 g/mol. The summed E-state index contributed by atoms with van der Waals surface area (Å²) in [6.07, 6.45) is 0. The minimum absolute atomic E-state index is 0.170. The van der Waals surface area contributed by atoms with Gasteiger partial charge in [-0.2, -0.15) is 0 Å². The van der Waals surface area contributed by atoms with Crippen molar-refractivity contribution < 1.29 is 4.79 Å². The maximum Gasteiger partial charge on any atom is 0.286 e. The molecule has 1 aromatic rings. The molecule has 13 heavy (non-hydrogen) atoms. The molecule has 1 aliphatic heterocycles. The van der Waals surface area contributed by atoms with Gasteiger partial charge in [-0.25, -0.2) is 0 Å². The summed E-state index contributed by atoms with van der Waals surface area (Å²) in [7, 11) is 0. The lowest BCUT2D eigenvalue weighted by atomic mass is 10.2. The molecule has 2 nitrogen and oxygen atoms in total. The molecule has 1 saturated heterocycles. The minimum atomic E-state index is 0.170. The number of benzene rings is 1. The van der Waals surface area contributed by atoms with Crippen LogP contribution in [0.1, 0.15) is 5.56 Å². The van der Waals surface area contributed by atoms with Crippen molar-refractivity contribution >= 4 is 22.7 Å². The first-order chi connectivity index (χ1) is 6.27. The number of amides is 1. The van der Waals surface area contributed by atoms with Crippen molar-refractivity contribution in [3.8, 4) is 0 Å². The molecule has 0 unspecified atom stereocenters. The van der Waals surface area contributed by atoms with Crippen molar-refractivity contribution in [3.63, 3.8) is 0 Å². The summed E-state index contributed by atoms with van der Waals surface area (Å²) in [6.45, 7) is 2.89. The van der Waals surface area contributed by atoms with E-state index in [9.17, 15) is 4.79 Å². The molecule has 0 atom stereocenters. The van der Waals surface area contributed by atoms with Crippen molar-refractivity contribution in [1.82, 2.24) is 0 Å². The fourth-order valence-electron chi connectivity index (χ4n) is 1.35. The number of aryl methyl sites for hydroxylation is 1. The lowest BCUT2D eigenvalue weighted by Gasteiger charge is -2.14. The van der Waals surface area contributed by atoms with E-state index in [1.807, 2.05) is 36.1 Å². The van der Waals surface area contributed by atoms with E-state index in [2.05, 4.69) is 0 Å². The molecule has 1 amide bonds. The van der Waals surface area contributed by atoms with Crippen molar-refractivity contribution in [2.45, 2.75) is 6.92 Å². The molecule has 1 aromatic carbocycles. The number of anilines is 1. The Hall–Kier alpha value is -0.960. The highest BCUT2D eigenvalue weighted by atomic mass is 32.2. The standard InChI is InChI=1S/C10H11NOS/c1-8-2-4-9(5-3-8)11-6-7-13-10(11)12/h2-5H,6-7H2,1H3. The third-order valence-corrected chi connectivity index (χ3v) is 2.96. The number of thioether (sulfide) groups is 1. The lowest BCUT2D eigenvalue weighted by Crippen LogP contribution is -2.21. The Morgan fingerprint density at radius 1 is 1.31 bits per heavy atom. The Kier molecular flexibility index (Phi) is 2.27. The van der Waals surface area contributed by atoms with Gasteiger partial charge < -0.3 is 4.90 Å². The van der Waals surface area contributed by atoms with Gasteiger partial charge in [-0.1, -0.05) is 29.5 Å². The number of hydrogen-bond donors (Lipinski definition) is 0. The molecule has 0 aromatic heterocycles. The fraction of sp³-hybridized carbons (Fsp3) is 0.300. The molecule has 1 aliphatic rings. The SMILES string of the molecule is Cc1ccc(N2CCSC2=O)cc1. The molecule has 2 rings (SSSR count). The molecule has 0 bridgehead atoms. The summed E-state index contributed by atoms with van der Waals surface area (Å²) in [5.41, 5.74) is 2.24. The van der Waals surface area contributed by atoms with E-state index in [-0.39, 0.29) is 5.24 Å². The highest BCUT2D eigenvalue weighted by Gasteiger charge is 2.21. The van der Waals surface area contributed by atoms with Gasteiger partial charge in [-0.3, -0.25) is 4.79 Å². The predicted molar refractivity (Wildman–Crippen MR) is 56.4 cm³/mol. The molecule has 0 saturated carbocycles. The molecular formula is C10H11NOS. The molecular weight excluding hydrogens is 182 g/mol. The molecule has 3 heteroatoms. The zero-order valence-electron chi connectivity index (χ0n) is 7.49. The van der Waals surface area contributed by atoms with Crippen LogP contribution in [0.5, 0.6) is 0 Å². The zero-order chi connectivity index (χ0) is 9.26. The Balaban J connectivity index is 2.25. The monoisotopic (exact) mass is 193 g/mol. The zero-order valence-corrected chi connectivity index (χ0v) is 8.30. The summed E-state index contributed by atoms with van der Waals surface area (Å²) in [5, 5.41) is 0.170. The van der Waals surface area contributed by atoms with Crippen molar-refractivity contribution in [1.29, 1.82) is 0 Å². The maximum absolute atomic E-state index is 11.3. The van der Waals surface area contributed by atoms with E-state index in [1.165, 1.54) is 17.3 Å². The van der Waals surface area contributed by atoms with Gasteiger partial charge in [0.1, 0.15) is 0 Å². The first kappa shape index (κ1) is 8.63. The van der Waals surface area contributed by atoms with Crippen LogP contribution in [0.25, 0.3) is 0 Å². The van der Waals surface area contributed by atoms with E-state index in [4.69, 9.17) is 0 Å². The van der Waals surface area contributed by atoms with Gasteiger partial charge in [-0.05, 0) is 19.1 Å². The quantitative estimate of drug-likeness (QED) is 0.683. The topological polar surface area (TPSA) is 20.3 Å². The number of hydrogen-bond acceptors (Lipinski definition) is 2. The second-order valence-corrected chi connectivity index (χ2v) is 4.15. The summed E-state index contributed by atoms with van der Waals surface area (Å²) in [6, 6.07) is 8.06. The molecule has 1 heterocycles. The van der Waals surface area contributed by atoms with Crippen molar-refractivity contribution in [2.75, 3.05) is 17.2 Å². The highest BCUT2D eigenvalue weighted by Crippen LogP contribution is 2.24. The molecule has 0 aliphatic carbocycles. The highest BCUT2D eigenvalue weighted by molar-refractivity contribution is 8.14. The van der Waals surface area contributed by atoms with Crippen LogP contribution in [0.4, 0.5) is 10.5 Å². The van der Waals surface area contributed by atoms with Gasteiger partial charge in [0, 0.05) is 18.0 Å². The third kappa shape index (κ3) is 1.70. The van der Waals surface area contributed by atoms with E-state index >= 15 is 0 Å². The van der Waals surface area contributed by atoms with E-state index in [0.29, 0.717) is 0 Å². The van der Waals surface area contributed by atoms with Gasteiger partial charge in [0.25, 0.3) is 5.24 Å². The number of carbonyl (C=O) groups is 1. The minimum Gasteiger partial charge on any atom is -0.302 e. The maximum atomic E-state index is 11.3. The molecule has 1 fully saturated rings. The largest absolute Gasteiger partial charge is 0.302 e. The van der Waals surface area contributed by atoms with Crippen LogP contribution in [-0.4, -0.2) is 17.5 Å². The Labute approximate surface area is 81.9 Å². The first-order valence-electron chi connectivity index (χ1n) is 4.28. The summed E-state index contributed by atoms with van der Waals surface area (Å²) in [4.78, 5) is 13.2. The normalized spacial score (nSPS) is 16.7. The predicted octanol–water partition coefficient (Wildman–Crippen LogP) is 2.67. The smallest absolute Gasteiger partial charge is 0.286 e. The van der Waals surface area contributed by atoms with Crippen molar-refractivity contribution in [2.24, 2.45) is 0 Å². The van der Waals surface area contributed by atoms with Gasteiger partial charge in [0.05, 0.1) is 0 Å². The molecule has 0 radical (unpaired) electrons.